The van der Waals surface area contributed by atoms with Gasteiger partial charge in [0, 0.05) is 6.20 Å². The van der Waals surface area contributed by atoms with Crippen molar-refractivity contribution in [3.8, 4) is 6.07 Å². The van der Waals surface area contributed by atoms with Crippen LogP contribution in [0.15, 0.2) is 17.1 Å². The molecule has 0 unspecified atom stereocenters. The Balaban J connectivity index is 2.64. The van der Waals surface area contributed by atoms with E-state index in [1.807, 2.05) is 6.07 Å². The van der Waals surface area contributed by atoms with Crippen LogP contribution >= 0.6 is 0 Å². The van der Waals surface area contributed by atoms with Crippen molar-refractivity contribution >= 4 is 23.7 Å². The van der Waals surface area contributed by atoms with Gasteiger partial charge in [0.1, 0.15) is 24.6 Å². The number of hydrogen-bond donors (Lipinski definition) is 1. The molecule has 0 spiro atoms. The van der Waals surface area contributed by atoms with Crippen molar-refractivity contribution in [3.05, 3.63) is 22.7 Å². The van der Waals surface area contributed by atoms with Gasteiger partial charge in [-0.2, -0.15) is 10.2 Å². The molecule has 2 rings (SSSR count). The molecule has 12 heteroatoms. The van der Waals surface area contributed by atoms with Crippen molar-refractivity contribution in [1.29, 1.82) is 5.26 Å². The fourth-order valence-electron chi connectivity index (χ4n) is 3.11. The Morgan fingerprint density at radius 3 is 2.26 bits per heavy atom. The minimum absolute atomic E-state index is 0.105. The normalized spacial score (nSPS) is 24.2. The van der Waals surface area contributed by atoms with E-state index >= 15 is 0 Å². The Bertz CT molecular complexity index is 1070. The first-order chi connectivity index (χ1) is 16.1. The molecular formula is C23H32N4O8. The summed E-state index contributed by atoms with van der Waals surface area (Å²) in [5.74, 6) is -3.28. The number of ether oxygens (including phenoxy) is 4. The van der Waals surface area contributed by atoms with Crippen LogP contribution in [0.2, 0.25) is 0 Å². The number of anilines is 1. The molecule has 1 aromatic heterocycles. The molecule has 4 atom stereocenters. The molecule has 0 aromatic carbocycles. The number of nitrogens with two attached hydrogens (primary N) is 1. The molecule has 0 radical (unpaired) electrons. The van der Waals surface area contributed by atoms with Crippen LogP contribution in [0.5, 0.6) is 0 Å². The molecule has 0 bridgehead atoms. The predicted octanol–water partition coefficient (Wildman–Crippen LogP) is 1.13. The first-order valence-electron chi connectivity index (χ1n) is 11.2. The van der Waals surface area contributed by atoms with Crippen LogP contribution in [0, 0.1) is 28.6 Å². The Kier molecular flexibility index (Phi) is 8.28. The molecule has 2 heterocycles. The highest BCUT2D eigenvalue weighted by molar-refractivity contribution is 5.75. The van der Waals surface area contributed by atoms with Gasteiger partial charge < -0.3 is 24.7 Å². The van der Waals surface area contributed by atoms with Crippen LogP contribution in [-0.4, -0.2) is 52.4 Å². The van der Waals surface area contributed by atoms with Gasteiger partial charge >= 0.3 is 23.6 Å². The van der Waals surface area contributed by atoms with E-state index in [4.69, 9.17) is 24.7 Å². The van der Waals surface area contributed by atoms with Gasteiger partial charge in [-0.15, -0.1) is 0 Å². The minimum atomic E-state index is -2.29. The van der Waals surface area contributed by atoms with Gasteiger partial charge in [-0.25, -0.2) is 4.79 Å². The Morgan fingerprint density at radius 1 is 1.20 bits per heavy atom. The fourth-order valence-corrected chi connectivity index (χ4v) is 3.11. The van der Waals surface area contributed by atoms with Crippen LogP contribution < -0.4 is 11.4 Å². The van der Waals surface area contributed by atoms with Crippen molar-refractivity contribution in [3.63, 3.8) is 0 Å². The molecule has 2 N–H and O–H groups in total. The zero-order valence-corrected chi connectivity index (χ0v) is 20.9. The van der Waals surface area contributed by atoms with Gasteiger partial charge in [0.25, 0.3) is 5.72 Å². The average molecular weight is 493 g/mol. The Labute approximate surface area is 203 Å². The molecule has 0 aliphatic carbocycles. The largest absolute Gasteiger partial charge is 0.462 e. The van der Waals surface area contributed by atoms with Crippen LogP contribution in [-0.2, 0) is 39.1 Å². The lowest BCUT2D eigenvalue weighted by Crippen LogP contribution is -2.52. The van der Waals surface area contributed by atoms with E-state index < -0.39 is 71.5 Å². The maximum atomic E-state index is 12.7. The molecule has 0 amide bonds. The van der Waals surface area contributed by atoms with Crippen LogP contribution in [0.3, 0.4) is 0 Å². The van der Waals surface area contributed by atoms with Crippen molar-refractivity contribution < 1.29 is 33.3 Å². The van der Waals surface area contributed by atoms with Crippen molar-refractivity contribution in [2.75, 3.05) is 12.3 Å². The van der Waals surface area contributed by atoms with Crippen LogP contribution in [0.1, 0.15) is 48.5 Å². The monoisotopic (exact) mass is 492 g/mol. The van der Waals surface area contributed by atoms with Gasteiger partial charge in [-0.1, -0.05) is 27.7 Å². The van der Waals surface area contributed by atoms with Crippen molar-refractivity contribution in [2.45, 2.75) is 72.5 Å². The van der Waals surface area contributed by atoms with Gasteiger partial charge in [-0.3, -0.25) is 19.0 Å². The first-order valence-corrected chi connectivity index (χ1v) is 11.2. The molecule has 1 fully saturated rings. The van der Waals surface area contributed by atoms with E-state index in [1.165, 1.54) is 6.07 Å². The van der Waals surface area contributed by atoms with Gasteiger partial charge in [0.05, 0.1) is 17.3 Å². The van der Waals surface area contributed by atoms with Gasteiger partial charge in [0.2, 0.25) is 6.10 Å². The molecule has 0 saturated carbocycles. The second-order valence-corrected chi connectivity index (χ2v) is 9.89. The number of nitrogen functional groups attached to an aromatic ring is 1. The predicted molar refractivity (Wildman–Crippen MR) is 121 cm³/mol. The smallest absolute Gasteiger partial charge is 0.352 e. The van der Waals surface area contributed by atoms with E-state index in [0.717, 1.165) is 10.8 Å². The van der Waals surface area contributed by atoms with Gasteiger partial charge in [0.15, 0.2) is 6.10 Å². The fraction of sp³-hybridized carbons (Fsp3) is 0.652. The van der Waals surface area contributed by atoms with Crippen molar-refractivity contribution in [1.82, 2.24) is 9.55 Å². The summed E-state index contributed by atoms with van der Waals surface area (Å²) in [6.45, 7) is 10.8. The van der Waals surface area contributed by atoms with E-state index in [-0.39, 0.29) is 5.82 Å². The highest BCUT2D eigenvalue weighted by Crippen LogP contribution is 2.39. The maximum absolute atomic E-state index is 12.7. The average Bonchev–Trinajstić information content (AvgIpc) is 3.04. The van der Waals surface area contributed by atoms with E-state index in [2.05, 4.69) is 4.98 Å². The summed E-state index contributed by atoms with van der Waals surface area (Å²) < 4.78 is 23.3. The van der Waals surface area contributed by atoms with E-state index in [9.17, 15) is 24.4 Å². The quantitative estimate of drug-likeness (QED) is 0.427. The summed E-state index contributed by atoms with van der Waals surface area (Å²) in [4.78, 5) is 53.9. The maximum Gasteiger partial charge on any atom is 0.352 e. The second kappa shape index (κ2) is 10.4. The zero-order valence-electron chi connectivity index (χ0n) is 20.9. The van der Waals surface area contributed by atoms with Gasteiger partial charge in [-0.05, 0) is 26.8 Å². The molecule has 35 heavy (non-hydrogen) atoms. The number of rotatable bonds is 7. The highest BCUT2D eigenvalue weighted by atomic mass is 16.7. The molecule has 1 aromatic rings. The van der Waals surface area contributed by atoms with E-state index in [0.29, 0.717) is 0 Å². The lowest BCUT2D eigenvalue weighted by molar-refractivity contribution is -0.177. The Morgan fingerprint density at radius 2 is 1.77 bits per heavy atom. The second-order valence-electron chi connectivity index (χ2n) is 9.89. The van der Waals surface area contributed by atoms with Crippen molar-refractivity contribution in [2.24, 2.45) is 17.3 Å². The number of nitriles is 1. The number of carbonyl (C=O) groups is 3. The lowest BCUT2D eigenvalue weighted by atomic mass is 9.97. The number of hydrogen-bond acceptors (Lipinski definition) is 11. The third-order valence-electron chi connectivity index (χ3n) is 5.15. The molecule has 1 aliphatic heterocycles. The first kappa shape index (κ1) is 27.8. The summed E-state index contributed by atoms with van der Waals surface area (Å²) in [7, 11) is 0. The number of esters is 3. The minimum Gasteiger partial charge on any atom is -0.462 e. The summed E-state index contributed by atoms with van der Waals surface area (Å²) in [6.07, 6.45) is -3.07. The molecule has 12 nitrogen and oxygen atoms in total. The SMILES string of the molecule is CC(C)C(=O)O[C@H]1[C@@H](OC(=O)C(C)C)[C@](C#N)(n2ccc(N)nc2=O)O[C@@H]1COC(=O)C(C)(C)C. The highest BCUT2D eigenvalue weighted by Gasteiger charge is 2.62. The standard InChI is InChI=1S/C23H32N4O8/c1-12(2)18(28)33-16-14(10-32-20(30)22(5,6)7)35-23(11-24,17(16)34-19(29)13(3)4)27-9-8-15(25)26-21(27)31/h8-9,12-14,16-17H,10H2,1-7H3,(H2,25,26,31)/t14-,16-,17-,23-/m1/s1. The summed E-state index contributed by atoms with van der Waals surface area (Å²) in [5, 5.41) is 10.2. The third-order valence-corrected chi connectivity index (χ3v) is 5.15. The molecular weight excluding hydrogens is 460 g/mol. The topological polar surface area (TPSA) is 173 Å². The Hall–Kier alpha value is -3.46. The summed E-state index contributed by atoms with van der Waals surface area (Å²) >= 11 is 0. The molecule has 1 aliphatic rings. The lowest BCUT2D eigenvalue weighted by Gasteiger charge is -2.30. The van der Waals surface area contributed by atoms with Crippen LogP contribution in [0.25, 0.3) is 0 Å². The third kappa shape index (κ3) is 5.97. The van der Waals surface area contributed by atoms with E-state index in [1.54, 1.807) is 48.5 Å². The summed E-state index contributed by atoms with van der Waals surface area (Å²) in [5.41, 5.74) is 1.48. The number of carbonyl (C=O) groups excluding carboxylic acids is 3. The zero-order chi connectivity index (χ0) is 26.7. The van der Waals surface area contributed by atoms with Crippen LogP contribution in [0.4, 0.5) is 5.82 Å². The molecule has 1 saturated heterocycles. The summed E-state index contributed by atoms with van der Waals surface area (Å²) in [6, 6.07) is 3.14. The molecule has 192 valence electrons. The number of nitrogens with zero attached hydrogens (tertiary/aromatic N) is 3. The number of aromatic nitrogens is 2.